The number of carbonyl (C=O) groups is 1. The van der Waals surface area contributed by atoms with E-state index in [1.807, 2.05) is 25.1 Å². The van der Waals surface area contributed by atoms with E-state index in [1.54, 1.807) is 0 Å². The van der Waals surface area contributed by atoms with Crippen LogP contribution in [0.5, 0.6) is 0 Å². The molecule has 4 aromatic rings. The molecule has 0 atom stereocenters. The predicted octanol–water partition coefficient (Wildman–Crippen LogP) is 4.60. The fraction of sp³-hybridized carbons (Fsp3) is 0.0556. The van der Waals surface area contributed by atoms with E-state index in [9.17, 15) is 4.79 Å². The normalized spacial score (nSPS) is 11.4. The monoisotopic (exact) mass is 259 g/mol. The Morgan fingerprint density at radius 1 is 0.850 bits per heavy atom. The summed E-state index contributed by atoms with van der Waals surface area (Å²) in [6.45, 7) is 1.99. The average Bonchev–Trinajstić information content (AvgIpc) is 2.88. The Hall–Kier alpha value is -2.61. The number of rotatable bonds is 1. The summed E-state index contributed by atoms with van der Waals surface area (Å²) in [5.74, 6) is 0. The Morgan fingerprint density at radius 3 is 2.45 bits per heavy atom. The number of benzene rings is 3. The van der Waals surface area contributed by atoms with Crippen LogP contribution >= 0.6 is 0 Å². The van der Waals surface area contributed by atoms with Crippen molar-refractivity contribution in [1.29, 1.82) is 0 Å². The van der Waals surface area contributed by atoms with Gasteiger partial charge in [-0.1, -0.05) is 48.5 Å². The number of aromatic nitrogens is 1. The first-order valence-electron chi connectivity index (χ1n) is 6.67. The molecule has 0 saturated carbocycles. The number of hydrogen-bond acceptors (Lipinski definition) is 1. The lowest BCUT2D eigenvalue weighted by molar-refractivity contribution is 0.112. The fourth-order valence-corrected chi connectivity index (χ4v) is 3.00. The number of fused-ring (bicyclic) bond motifs is 5. The molecule has 0 aliphatic rings. The van der Waals surface area contributed by atoms with Crippen molar-refractivity contribution in [3.05, 3.63) is 59.7 Å². The molecule has 1 aromatic heterocycles. The highest BCUT2D eigenvalue weighted by atomic mass is 16.1. The molecule has 2 heteroatoms. The van der Waals surface area contributed by atoms with Gasteiger partial charge in [-0.15, -0.1) is 0 Å². The third-order valence-corrected chi connectivity index (χ3v) is 4.10. The van der Waals surface area contributed by atoms with Gasteiger partial charge in [0.05, 0.1) is 11.0 Å². The van der Waals surface area contributed by atoms with E-state index < -0.39 is 0 Å². The largest absolute Gasteiger partial charge is 0.354 e. The van der Waals surface area contributed by atoms with Gasteiger partial charge >= 0.3 is 0 Å². The first-order valence-corrected chi connectivity index (χ1v) is 6.67. The van der Waals surface area contributed by atoms with Crippen molar-refractivity contribution in [2.24, 2.45) is 0 Å². The number of aryl methyl sites for hydroxylation is 1. The SMILES string of the molecule is Cc1c(C=O)ccc2c1[nH]c1c3ccccc3ccc21. The van der Waals surface area contributed by atoms with Crippen LogP contribution < -0.4 is 0 Å². The quantitative estimate of drug-likeness (QED) is 0.498. The van der Waals surface area contributed by atoms with Gasteiger partial charge in [-0.05, 0) is 17.9 Å². The van der Waals surface area contributed by atoms with Gasteiger partial charge in [0, 0.05) is 21.7 Å². The predicted molar refractivity (Wildman–Crippen MR) is 83.4 cm³/mol. The number of nitrogens with one attached hydrogen (secondary N) is 1. The molecule has 20 heavy (non-hydrogen) atoms. The van der Waals surface area contributed by atoms with Crippen molar-refractivity contribution in [3.8, 4) is 0 Å². The van der Waals surface area contributed by atoms with Gasteiger partial charge in [0.1, 0.15) is 6.29 Å². The number of H-pyrrole nitrogens is 1. The minimum Gasteiger partial charge on any atom is -0.354 e. The molecule has 0 saturated heterocycles. The van der Waals surface area contributed by atoms with Crippen LogP contribution in [0.4, 0.5) is 0 Å². The summed E-state index contributed by atoms with van der Waals surface area (Å²) in [4.78, 5) is 14.6. The maximum absolute atomic E-state index is 11.1. The highest BCUT2D eigenvalue weighted by Gasteiger charge is 2.10. The molecule has 2 nitrogen and oxygen atoms in total. The van der Waals surface area contributed by atoms with Crippen molar-refractivity contribution in [2.45, 2.75) is 6.92 Å². The minimum atomic E-state index is 0.744. The molecule has 0 spiro atoms. The second kappa shape index (κ2) is 3.94. The maximum atomic E-state index is 11.1. The van der Waals surface area contributed by atoms with Crippen LogP contribution in [0.15, 0.2) is 48.5 Å². The van der Waals surface area contributed by atoms with Crippen molar-refractivity contribution in [2.75, 3.05) is 0 Å². The van der Waals surface area contributed by atoms with Crippen LogP contribution in [-0.4, -0.2) is 11.3 Å². The zero-order valence-corrected chi connectivity index (χ0v) is 11.1. The van der Waals surface area contributed by atoms with Gasteiger partial charge in [0.2, 0.25) is 0 Å². The number of carbonyl (C=O) groups excluding carboxylic acids is 1. The lowest BCUT2D eigenvalue weighted by Crippen LogP contribution is -1.86. The highest BCUT2D eigenvalue weighted by Crippen LogP contribution is 2.33. The lowest BCUT2D eigenvalue weighted by atomic mass is 10.0. The van der Waals surface area contributed by atoms with Crippen LogP contribution in [0.1, 0.15) is 15.9 Å². The average molecular weight is 259 g/mol. The van der Waals surface area contributed by atoms with Gasteiger partial charge in [0.15, 0.2) is 0 Å². The summed E-state index contributed by atoms with van der Waals surface area (Å²) in [5, 5.41) is 4.82. The number of hydrogen-bond donors (Lipinski definition) is 1. The van der Waals surface area contributed by atoms with Crippen molar-refractivity contribution in [3.63, 3.8) is 0 Å². The van der Waals surface area contributed by atoms with Gasteiger partial charge in [-0.25, -0.2) is 0 Å². The van der Waals surface area contributed by atoms with E-state index in [4.69, 9.17) is 0 Å². The summed E-state index contributed by atoms with van der Waals surface area (Å²) in [6.07, 6.45) is 0.915. The molecular formula is C18H13NO. The van der Waals surface area contributed by atoms with Gasteiger partial charge in [-0.2, -0.15) is 0 Å². The minimum absolute atomic E-state index is 0.744. The van der Waals surface area contributed by atoms with Crippen LogP contribution in [0.2, 0.25) is 0 Å². The van der Waals surface area contributed by atoms with E-state index in [-0.39, 0.29) is 0 Å². The van der Waals surface area contributed by atoms with Crippen molar-refractivity contribution in [1.82, 2.24) is 4.98 Å². The van der Waals surface area contributed by atoms with E-state index in [0.29, 0.717) is 0 Å². The molecule has 0 aliphatic carbocycles. The Labute approximate surface area is 116 Å². The van der Waals surface area contributed by atoms with E-state index in [0.717, 1.165) is 28.4 Å². The summed E-state index contributed by atoms with van der Waals surface area (Å²) < 4.78 is 0. The molecule has 0 bridgehead atoms. The Bertz CT molecular complexity index is 979. The van der Waals surface area contributed by atoms with Gasteiger partial charge in [0.25, 0.3) is 0 Å². The summed E-state index contributed by atoms with van der Waals surface area (Å²) >= 11 is 0. The molecule has 3 aromatic carbocycles. The van der Waals surface area contributed by atoms with Crippen molar-refractivity contribution >= 4 is 38.9 Å². The molecule has 0 fully saturated rings. The second-order valence-corrected chi connectivity index (χ2v) is 5.15. The smallest absolute Gasteiger partial charge is 0.150 e. The summed E-state index contributed by atoms with van der Waals surface area (Å²) in [5.41, 5.74) is 3.95. The second-order valence-electron chi connectivity index (χ2n) is 5.15. The van der Waals surface area contributed by atoms with Crippen molar-refractivity contribution < 1.29 is 4.79 Å². The molecule has 0 unspecified atom stereocenters. The van der Waals surface area contributed by atoms with Gasteiger partial charge < -0.3 is 4.98 Å². The molecular weight excluding hydrogens is 246 g/mol. The molecule has 0 amide bonds. The van der Waals surface area contributed by atoms with E-state index in [1.165, 1.54) is 21.5 Å². The molecule has 0 radical (unpaired) electrons. The fourth-order valence-electron chi connectivity index (χ4n) is 3.00. The molecule has 1 heterocycles. The third-order valence-electron chi connectivity index (χ3n) is 4.10. The zero-order chi connectivity index (χ0) is 13.7. The molecule has 96 valence electrons. The first-order chi connectivity index (χ1) is 9.79. The standard InChI is InChI=1S/C18H13NO/c1-11-13(10-20)7-9-15-16-8-6-12-4-2-3-5-14(12)18(16)19-17(11)15/h2-10,19H,1H3. The van der Waals surface area contributed by atoms with Crippen LogP contribution in [-0.2, 0) is 0 Å². The highest BCUT2D eigenvalue weighted by molar-refractivity contribution is 6.18. The first kappa shape index (κ1) is 11.2. The summed E-state index contributed by atoms with van der Waals surface area (Å²) in [7, 11) is 0. The Balaban J connectivity index is 2.26. The molecule has 1 N–H and O–H groups in total. The molecule has 4 rings (SSSR count). The number of aromatic amines is 1. The zero-order valence-electron chi connectivity index (χ0n) is 11.1. The van der Waals surface area contributed by atoms with E-state index in [2.05, 4.69) is 35.3 Å². The Kier molecular flexibility index (Phi) is 2.21. The number of aldehydes is 1. The molecule has 0 aliphatic heterocycles. The Morgan fingerprint density at radius 2 is 1.60 bits per heavy atom. The maximum Gasteiger partial charge on any atom is 0.150 e. The topological polar surface area (TPSA) is 32.9 Å². The van der Waals surface area contributed by atoms with Crippen LogP contribution in [0.3, 0.4) is 0 Å². The van der Waals surface area contributed by atoms with E-state index >= 15 is 0 Å². The lowest BCUT2D eigenvalue weighted by Gasteiger charge is -1.99. The van der Waals surface area contributed by atoms with Crippen LogP contribution in [0, 0.1) is 6.92 Å². The summed E-state index contributed by atoms with van der Waals surface area (Å²) in [6, 6.07) is 16.6. The third kappa shape index (κ3) is 1.36. The van der Waals surface area contributed by atoms with Gasteiger partial charge in [-0.3, -0.25) is 4.79 Å². The van der Waals surface area contributed by atoms with Crippen LogP contribution in [0.25, 0.3) is 32.6 Å².